The standard InChI is InChI=1S/C13H16ClN3/c1-3-9-8-12(17(2)16-9)13(15)10-6-4-5-7-11(10)14/h4-8,13H,3,15H2,1-2H3. The fourth-order valence-electron chi connectivity index (χ4n) is 1.89. The van der Waals surface area contributed by atoms with E-state index in [1.165, 1.54) is 0 Å². The first kappa shape index (κ1) is 12.1. The average molecular weight is 250 g/mol. The number of benzene rings is 1. The fourth-order valence-corrected chi connectivity index (χ4v) is 2.15. The van der Waals surface area contributed by atoms with Gasteiger partial charge in [0.15, 0.2) is 0 Å². The van der Waals surface area contributed by atoms with E-state index in [0.717, 1.165) is 23.4 Å². The molecule has 17 heavy (non-hydrogen) atoms. The molecule has 4 heteroatoms. The van der Waals surface area contributed by atoms with Gasteiger partial charge in [0, 0.05) is 12.1 Å². The minimum absolute atomic E-state index is 0.235. The third kappa shape index (κ3) is 2.35. The van der Waals surface area contributed by atoms with Gasteiger partial charge in [-0.05, 0) is 24.1 Å². The summed E-state index contributed by atoms with van der Waals surface area (Å²) in [6, 6.07) is 9.45. The number of halogens is 1. The molecular formula is C13H16ClN3. The van der Waals surface area contributed by atoms with Crippen molar-refractivity contribution >= 4 is 11.6 Å². The maximum Gasteiger partial charge on any atom is 0.0737 e. The molecule has 3 nitrogen and oxygen atoms in total. The van der Waals surface area contributed by atoms with Gasteiger partial charge in [-0.3, -0.25) is 4.68 Å². The zero-order valence-corrected chi connectivity index (χ0v) is 10.8. The van der Waals surface area contributed by atoms with E-state index < -0.39 is 0 Å². The van der Waals surface area contributed by atoms with Gasteiger partial charge in [0.1, 0.15) is 0 Å². The number of aryl methyl sites for hydroxylation is 2. The van der Waals surface area contributed by atoms with Crippen molar-refractivity contribution < 1.29 is 0 Å². The Morgan fingerprint density at radius 1 is 1.41 bits per heavy atom. The largest absolute Gasteiger partial charge is 0.319 e. The van der Waals surface area contributed by atoms with Crippen molar-refractivity contribution in [3.8, 4) is 0 Å². The van der Waals surface area contributed by atoms with Crippen LogP contribution in [0.4, 0.5) is 0 Å². The summed E-state index contributed by atoms with van der Waals surface area (Å²) in [5.41, 5.74) is 9.20. The smallest absolute Gasteiger partial charge is 0.0737 e. The molecule has 0 fully saturated rings. The molecule has 1 atom stereocenters. The molecule has 90 valence electrons. The van der Waals surface area contributed by atoms with Crippen molar-refractivity contribution in [2.75, 3.05) is 0 Å². The Bertz CT molecular complexity index is 519. The Balaban J connectivity index is 2.40. The van der Waals surface area contributed by atoms with Gasteiger partial charge in [0.05, 0.1) is 17.4 Å². The number of aromatic nitrogens is 2. The predicted octanol–water partition coefficient (Wildman–Crippen LogP) is 2.68. The topological polar surface area (TPSA) is 43.8 Å². The molecule has 0 amide bonds. The molecule has 1 unspecified atom stereocenters. The van der Waals surface area contributed by atoms with Crippen LogP contribution in [0.2, 0.25) is 5.02 Å². The maximum absolute atomic E-state index is 6.24. The molecule has 0 aliphatic heterocycles. The van der Waals surface area contributed by atoms with Crippen molar-refractivity contribution in [3.63, 3.8) is 0 Å². The molecule has 0 bridgehead atoms. The highest BCUT2D eigenvalue weighted by atomic mass is 35.5. The highest BCUT2D eigenvalue weighted by Gasteiger charge is 2.16. The summed E-state index contributed by atoms with van der Waals surface area (Å²) in [7, 11) is 1.91. The lowest BCUT2D eigenvalue weighted by atomic mass is 10.0. The summed E-state index contributed by atoms with van der Waals surface area (Å²) in [5, 5.41) is 5.09. The first-order chi connectivity index (χ1) is 8.13. The van der Waals surface area contributed by atoms with Crippen LogP contribution in [0.5, 0.6) is 0 Å². The number of hydrogen-bond donors (Lipinski definition) is 1. The number of hydrogen-bond acceptors (Lipinski definition) is 2. The Morgan fingerprint density at radius 2 is 2.12 bits per heavy atom. The summed E-state index contributed by atoms with van der Waals surface area (Å²) in [4.78, 5) is 0. The van der Waals surface area contributed by atoms with Crippen molar-refractivity contribution in [3.05, 3.63) is 52.3 Å². The minimum Gasteiger partial charge on any atom is -0.319 e. The van der Waals surface area contributed by atoms with Gasteiger partial charge in [-0.1, -0.05) is 36.7 Å². The zero-order valence-electron chi connectivity index (χ0n) is 10.0. The van der Waals surface area contributed by atoms with Crippen LogP contribution < -0.4 is 5.73 Å². The van der Waals surface area contributed by atoms with Crippen LogP contribution in [0, 0.1) is 0 Å². The maximum atomic E-state index is 6.24. The first-order valence-corrected chi connectivity index (χ1v) is 6.04. The van der Waals surface area contributed by atoms with Crippen molar-refractivity contribution in [2.24, 2.45) is 12.8 Å². The highest BCUT2D eigenvalue weighted by Crippen LogP contribution is 2.26. The van der Waals surface area contributed by atoms with Crippen molar-refractivity contribution in [2.45, 2.75) is 19.4 Å². The van der Waals surface area contributed by atoms with Crippen LogP contribution >= 0.6 is 11.6 Å². The van der Waals surface area contributed by atoms with E-state index in [1.807, 2.05) is 42.1 Å². The fraction of sp³-hybridized carbons (Fsp3) is 0.308. The first-order valence-electron chi connectivity index (χ1n) is 5.66. The van der Waals surface area contributed by atoms with Gasteiger partial charge >= 0.3 is 0 Å². The van der Waals surface area contributed by atoms with Gasteiger partial charge in [0.25, 0.3) is 0 Å². The minimum atomic E-state index is -0.235. The second kappa shape index (κ2) is 4.90. The van der Waals surface area contributed by atoms with Crippen LogP contribution in [0.3, 0.4) is 0 Å². The molecule has 0 saturated heterocycles. The molecule has 2 N–H and O–H groups in total. The normalized spacial score (nSPS) is 12.7. The summed E-state index contributed by atoms with van der Waals surface area (Å²) in [6.07, 6.45) is 0.906. The Morgan fingerprint density at radius 3 is 2.71 bits per heavy atom. The van der Waals surface area contributed by atoms with E-state index in [4.69, 9.17) is 17.3 Å². The summed E-state index contributed by atoms with van der Waals surface area (Å²) in [6.45, 7) is 2.08. The Labute approximate surface area is 106 Å². The van der Waals surface area contributed by atoms with E-state index >= 15 is 0 Å². The second-order valence-electron chi connectivity index (χ2n) is 4.04. The number of nitrogens with zero attached hydrogens (tertiary/aromatic N) is 2. The summed E-state index contributed by atoms with van der Waals surface area (Å²) >= 11 is 6.15. The van der Waals surface area contributed by atoms with E-state index in [9.17, 15) is 0 Å². The zero-order chi connectivity index (χ0) is 12.4. The Kier molecular flexibility index (Phi) is 3.50. The van der Waals surface area contributed by atoms with Crippen LogP contribution in [0.25, 0.3) is 0 Å². The van der Waals surface area contributed by atoms with Crippen molar-refractivity contribution in [1.82, 2.24) is 9.78 Å². The highest BCUT2D eigenvalue weighted by molar-refractivity contribution is 6.31. The molecule has 0 aliphatic rings. The molecule has 0 radical (unpaired) electrons. The molecular weight excluding hydrogens is 234 g/mol. The number of nitrogens with two attached hydrogens (primary N) is 1. The predicted molar refractivity (Wildman–Crippen MR) is 70.1 cm³/mol. The summed E-state index contributed by atoms with van der Waals surface area (Å²) < 4.78 is 1.83. The van der Waals surface area contributed by atoms with E-state index in [0.29, 0.717) is 5.02 Å². The Hall–Kier alpha value is -1.32. The lowest BCUT2D eigenvalue weighted by Gasteiger charge is -2.13. The monoisotopic (exact) mass is 249 g/mol. The van der Waals surface area contributed by atoms with Gasteiger partial charge in [0.2, 0.25) is 0 Å². The lowest BCUT2D eigenvalue weighted by Crippen LogP contribution is -2.16. The number of rotatable bonds is 3. The third-order valence-corrected chi connectivity index (χ3v) is 3.23. The van der Waals surface area contributed by atoms with Crippen LogP contribution in [-0.2, 0) is 13.5 Å². The van der Waals surface area contributed by atoms with Gasteiger partial charge in [-0.15, -0.1) is 0 Å². The van der Waals surface area contributed by atoms with Crippen LogP contribution in [0.15, 0.2) is 30.3 Å². The SMILES string of the molecule is CCc1cc(C(N)c2ccccc2Cl)n(C)n1. The van der Waals surface area contributed by atoms with Gasteiger partial charge in [-0.25, -0.2) is 0 Å². The van der Waals surface area contributed by atoms with Gasteiger partial charge in [-0.2, -0.15) is 5.10 Å². The molecule has 0 aliphatic carbocycles. The molecule has 1 aromatic heterocycles. The van der Waals surface area contributed by atoms with Crippen LogP contribution in [-0.4, -0.2) is 9.78 Å². The molecule has 0 spiro atoms. The summed E-state index contributed by atoms with van der Waals surface area (Å²) in [5.74, 6) is 0. The van der Waals surface area contributed by atoms with Gasteiger partial charge < -0.3 is 5.73 Å². The molecule has 1 aromatic carbocycles. The average Bonchev–Trinajstić information content (AvgIpc) is 2.70. The van der Waals surface area contributed by atoms with E-state index in [1.54, 1.807) is 0 Å². The molecule has 1 heterocycles. The second-order valence-corrected chi connectivity index (χ2v) is 4.44. The van der Waals surface area contributed by atoms with Crippen molar-refractivity contribution in [1.29, 1.82) is 0 Å². The molecule has 0 saturated carbocycles. The van der Waals surface area contributed by atoms with Crippen LogP contribution in [0.1, 0.15) is 29.9 Å². The third-order valence-electron chi connectivity index (χ3n) is 2.89. The lowest BCUT2D eigenvalue weighted by molar-refractivity contribution is 0.666. The van der Waals surface area contributed by atoms with E-state index in [-0.39, 0.29) is 6.04 Å². The molecule has 2 rings (SSSR count). The molecule has 2 aromatic rings. The van der Waals surface area contributed by atoms with E-state index in [2.05, 4.69) is 12.0 Å². The quantitative estimate of drug-likeness (QED) is 0.909.